The second-order valence-corrected chi connectivity index (χ2v) is 6.63. The summed E-state index contributed by atoms with van der Waals surface area (Å²) >= 11 is 0. The number of hydrogen-bond donors (Lipinski definition) is 1. The maximum atomic E-state index is 5.25. The van der Waals surface area contributed by atoms with Gasteiger partial charge in [0.1, 0.15) is 5.75 Å². The molecule has 0 bridgehead atoms. The van der Waals surface area contributed by atoms with Crippen molar-refractivity contribution in [2.24, 2.45) is 11.8 Å². The van der Waals surface area contributed by atoms with Gasteiger partial charge in [0.25, 0.3) is 0 Å². The van der Waals surface area contributed by atoms with Gasteiger partial charge >= 0.3 is 0 Å². The molecule has 1 unspecified atom stereocenters. The highest BCUT2D eigenvalue weighted by molar-refractivity contribution is 5.27. The fraction of sp³-hybridized carbons (Fsp3) is 0.684. The zero-order valence-electron chi connectivity index (χ0n) is 13.9. The molecule has 1 N–H and O–H groups in total. The summed E-state index contributed by atoms with van der Waals surface area (Å²) in [4.78, 5) is 0. The highest BCUT2D eigenvalue weighted by Crippen LogP contribution is 2.31. The van der Waals surface area contributed by atoms with Crippen molar-refractivity contribution in [3.8, 4) is 5.75 Å². The summed E-state index contributed by atoms with van der Waals surface area (Å²) in [5.41, 5.74) is 1.42. The standard InChI is InChI=1S/C19H31NO/c1-4-13-20-19(17-9-5-15(2)6-10-17)14-16-7-11-18(21-3)12-8-16/h7-8,11-12,15,17,19-20H,4-6,9-10,13-14H2,1-3H3. The summed E-state index contributed by atoms with van der Waals surface area (Å²) in [5, 5.41) is 3.80. The normalized spacial score (nSPS) is 23.8. The molecule has 1 aromatic carbocycles. The molecule has 1 saturated carbocycles. The Balaban J connectivity index is 1.97. The van der Waals surface area contributed by atoms with E-state index in [1.54, 1.807) is 7.11 Å². The predicted octanol–water partition coefficient (Wildman–Crippen LogP) is 4.43. The third-order valence-corrected chi connectivity index (χ3v) is 4.90. The first-order chi connectivity index (χ1) is 10.2. The van der Waals surface area contributed by atoms with Crippen LogP contribution in [0.3, 0.4) is 0 Å². The van der Waals surface area contributed by atoms with Crippen LogP contribution in [0.1, 0.15) is 51.5 Å². The number of nitrogens with one attached hydrogen (secondary N) is 1. The van der Waals surface area contributed by atoms with E-state index in [-0.39, 0.29) is 0 Å². The second kappa shape index (κ2) is 8.43. The Bertz CT molecular complexity index is 393. The van der Waals surface area contributed by atoms with Crippen molar-refractivity contribution in [3.05, 3.63) is 29.8 Å². The Morgan fingerprint density at radius 3 is 2.38 bits per heavy atom. The molecular weight excluding hydrogens is 258 g/mol. The van der Waals surface area contributed by atoms with Gasteiger partial charge in [0, 0.05) is 6.04 Å². The van der Waals surface area contributed by atoms with Crippen LogP contribution in [0, 0.1) is 11.8 Å². The molecule has 0 radical (unpaired) electrons. The average Bonchev–Trinajstić information content (AvgIpc) is 2.53. The first kappa shape index (κ1) is 16.4. The smallest absolute Gasteiger partial charge is 0.118 e. The molecule has 1 fully saturated rings. The minimum absolute atomic E-state index is 0.630. The largest absolute Gasteiger partial charge is 0.497 e. The average molecular weight is 289 g/mol. The molecular formula is C19H31NO. The van der Waals surface area contributed by atoms with Gasteiger partial charge in [0.15, 0.2) is 0 Å². The van der Waals surface area contributed by atoms with E-state index >= 15 is 0 Å². The van der Waals surface area contributed by atoms with Crippen LogP contribution < -0.4 is 10.1 Å². The van der Waals surface area contributed by atoms with Crippen LogP contribution >= 0.6 is 0 Å². The van der Waals surface area contributed by atoms with Crippen molar-refractivity contribution in [3.63, 3.8) is 0 Å². The fourth-order valence-electron chi connectivity index (χ4n) is 3.44. The van der Waals surface area contributed by atoms with Crippen LogP contribution in [-0.4, -0.2) is 19.7 Å². The molecule has 0 amide bonds. The zero-order valence-corrected chi connectivity index (χ0v) is 13.9. The van der Waals surface area contributed by atoms with Gasteiger partial charge in [-0.15, -0.1) is 0 Å². The van der Waals surface area contributed by atoms with Crippen LogP contribution in [0.15, 0.2) is 24.3 Å². The first-order valence-corrected chi connectivity index (χ1v) is 8.59. The van der Waals surface area contributed by atoms with Crippen LogP contribution in [0.25, 0.3) is 0 Å². The number of rotatable bonds is 7. The molecule has 1 aliphatic carbocycles. The van der Waals surface area contributed by atoms with Crippen molar-refractivity contribution >= 4 is 0 Å². The molecule has 0 aliphatic heterocycles. The van der Waals surface area contributed by atoms with E-state index in [0.29, 0.717) is 6.04 Å². The second-order valence-electron chi connectivity index (χ2n) is 6.63. The lowest BCUT2D eigenvalue weighted by Crippen LogP contribution is -2.40. The van der Waals surface area contributed by atoms with E-state index in [9.17, 15) is 0 Å². The Labute approximate surface area is 130 Å². The molecule has 0 heterocycles. The summed E-state index contributed by atoms with van der Waals surface area (Å²) in [6, 6.07) is 9.21. The minimum atomic E-state index is 0.630. The summed E-state index contributed by atoms with van der Waals surface area (Å²) in [6.45, 7) is 5.78. The van der Waals surface area contributed by atoms with Crippen LogP contribution in [-0.2, 0) is 6.42 Å². The van der Waals surface area contributed by atoms with Crippen molar-refractivity contribution in [1.82, 2.24) is 5.32 Å². The molecule has 2 heteroatoms. The lowest BCUT2D eigenvalue weighted by atomic mass is 9.77. The van der Waals surface area contributed by atoms with Gasteiger partial charge in [0.2, 0.25) is 0 Å². The number of benzene rings is 1. The predicted molar refractivity (Wildman–Crippen MR) is 89.9 cm³/mol. The molecule has 2 rings (SSSR count). The van der Waals surface area contributed by atoms with Gasteiger partial charge in [-0.2, -0.15) is 0 Å². The Morgan fingerprint density at radius 1 is 1.14 bits per heavy atom. The molecule has 0 saturated heterocycles. The quantitative estimate of drug-likeness (QED) is 0.801. The van der Waals surface area contributed by atoms with E-state index in [0.717, 1.165) is 30.6 Å². The molecule has 1 atom stereocenters. The van der Waals surface area contributed by atoms with Crippen molar-refractivity contribution < 1.29 is 4.74 Å². The Morgan fingerprint density at radius 2 is 1.81 bits per heavy atom. The highest BCUT2D eigenvalue weighted by atomic mass is 16.5. The van der Waals surface area contributed by atoms with Gasteiger partial charge in [-0.1, -0.05) is 38.8 Å². The monoisotopic (exact) mass is 289 g/mol. The number of ether oxygens (including phenoxy) is 1. The summed E-state index contributed by atoms with van der Waals surface area (Å²) < 4.78 is 5.25. The maximum absolute atomic E-state index is 5.25. The van der Waals surface area contributed by atoms with Crippen molar-refractivity contribution in [1.29, 1.82) is 0 Å². The molecule has 1 aromatic rings. The van der Waals surface area contributed by atoms with Crippen LogP contribution in [0.5, 0.6) is 5.75 Å². The summed E-state index contributed by atoms with van der Waals surface area (Å²) in [5.74, 6) is 2.72. The van der Waals surface area contributed by atoms with Gasteiger partial charge in [0.05, 0.1) is 7.11 Å². The minimum Gasteiger partial charge on any atom is -0.497 e. The van der Waals surface area contributed by atoms with Crippen LogP contribution in [0.4, 0.5) is 0 Å². The SMILES string of the molecule is CCCNC(Cc1ccc(OC)cc1)C1CCC(C)CC1. The van der Waals surface area contributed by atoms with Crippen molar-refractivity contribution in [2.45, 2.75) is 58.4 Å². The number of methoxy groups -OCH3 is 1. The summed E-state index contributed by atoms with van der Waals surface area (Å²) in [7, 11) is 1.73. The van der Waals surface area contributed by atoms with Crippen molar-refractivity contribution in [2.75, 3.05) is 13.7 Å². The molecule has 0 spiro atoms. The molecule has 21 heavy (non-hydrogen) atoms. The Kier molecular flexibility index (Phi) is 6.56. The third kappa shape index (κ3) is 5.03. The Hall–Kier alpha value is -1.02. The molecule has 0 aromatic heterocycles. The van der Waals surface area contributed by atoms with E-state index in [1.807, 2.05) is 0 Å². The number of hydrogen-bond acceptors (Lipinski definition) is 2. The van der Waals surface area contributed by atoms with E-state index in [4.69, 9.17) is 4.74 Å². The zero-order chi connectivity index (χ0) is 15.1. The lowest BCUT2D eigenvalue weighted by molar-refractivity contribution is 0.229. The molecule has 118 valence electrons. The first-order valence-electron chi connectivity index (χ1n) is 8.59. The van der Waals surface area contributed by atoms with E-state index < -0.39 is 0 Å². The van der Waals surface area contributed by atoms with Gasteiger partial charge < -0.3 is 10.1 Å². The lowest BCUT2D eigenvalue weighted by Gasteiger charge is -2.33. The summed E-state index contributed by atoms with van der Waals surface area (Å²) in [6.07, 6.45) is 7.93. The molecule has 2 nitrogen and oxygen atoms in total. The topological polar surface area (TPSA) is 21.3 Å². The third-order valence-electron chi connectivity index (χ3n) is 4.90. The molecule has 1 aliphatic rings. The maximum Gasteiger partial charge on any atom is 0.118 e. The van der Waals surface area contributed by atoms with Gasteiger partial charge in [-0.25, -0.2) is 0 Å². The van der Waals surface area contributed by atoms with Crippen LogP contribution in [0.2, 0.25) is 0 Å². The fourth-order valence-corrected chi connectivity index (χ4v) is 3.44. The van der Waals surface area contributed by atoms with E-state index in [1.165, 1.54) is 37.7 Å². The van der Waals surface area contributed by atoms with Gasteiger partial charge in [-0.3, -0.25) is 0 Å². The van der Waals surface area contributed by atoms with E-state index in [2.05, 4.69) is 43.4 Å². The van der Waals surface area contributed by atoms with Gasteiger partial charge in [-0.05, 0) is 61.8 Å². The highest BCUT2D eigenvalue weighted by Gasteiger charge is 2.25.